The predicted molar refractivity (Wildman–Crippen MR) is 131 cm³/mol. The van der Waals surface area contributed by atoms with Crippen LogP contribution in [0.1, 0.15) is 11.4 Å². The molecule has 5 rings (SSSR count). The van der Waals surface area contributed by atoms with Gasteiger partial charge in [-0.3, -0.25) is 19.6 Å². The lowest BCUT2D eigenvalue weighted by molar-refractivity contribution is 0.242. The summed E-state index contributed by atoms with van der Waals surface area (Å²) in [5.41, 5.74) is 2.15. The summed E-state index contributed by atoms with van der Waals surface area (Å²) in [6.45, 7) is 8.50. The van der Waals surface area contributed by atoms with E-state index >= 15 is 0 Å². The number of rotatable bonds is 5. The number of pyridine rings is 1. The van der Waals surface area contributed by atoms with Gasteiger partial charge in [-0.05, 0) is 38.1 Å². The van der Waals surface area contributed by atoms with E-state index in [2.05, 4.69) is 19.9 Å². The first-order chi connectivity index (χ1) is 16.0. The normalized spacial score (nSPS) is 14.8. The zero-order valence-electron chi connectivity index (χ0n) is 19.0. The van der Waals surface area contributed by atoms with Crippen molar-refractivity contribution in [2.75, 3.05) is 37.6 Å². The number of para-hydroxylation sites is 1. The Morgan fingerprint density at radius 3 is 2.24 bits per heavy atom. The molecule has 170 valence electrons. The Balaban J connectivity index is 1.37. The van der Waals surface area contributed by atoms with Crippen LogP contribution in [-0.4, -0.2) is 57.0 Å². The van der Waals surface area contributed by atoms with Crippen molar-refractivity contribution >= 4 is 16.6 Å². The Hall–Kier alpha value is -3.65. The Kier molecular flexibility index (Phi) is 5.60. The molecular formula is C25H28N6O2. The molecule has 33 heavy (non-hydrogen) atoms. The van der Waals surface area contributed by atoms with Crippen LogP contribution in [0.2, 0.25) is 0 Å². The van der Waals surface area contributed by atoms with Crippen LogP contribution in [0.25, 0.3) is 16.5 Å². The number of piperazine rings is 1. The largest absolute Gasteiger partial charge is 0.354 e. The number of aromatic nitrogens is 4. The topological polar surface area (TPSA) is 79.2 Å². The van der Waals surface area contributed by atoms with E-state index in [4.69, 9.17) is 0 Å². The number of anilines is 1. The molecule has 4 heterocycles. The Morgan fingerprint density at radius 1 is 0.848 bits per heavy atom. The molecule has 3 aromatic heterocycles. The van der Waals surface area contributed by atoms with E-state index < -0.39 is 0 Å². The molecular weight excluding hydrogens is 416 g/mol. The van der Waals surface area contributed by atoms with Gasteiger partial charge < -0.3 is 9.47 Å². The predicted octanol–water partition coefficient (Wildman–Crippen LogP) is 2.31. The Bertz CT molecular complexity index is 1380. The molecule has 1 aliphatic heterocycles. The van der Waals surface area contributed by atoms with Crippen LogP contribution in [0.5, 0.6) is 0 Å². The molecule has 1 N–H and O–H groups in total. The molecule has 8 heteroatoms. The quantitative estimate of drug-likeness (QED) is 0.511. The van der Waals surface area contributed by atoms with E-state index in [-0.39, 0.29) is 11.1 Å². The molecule has 0 bridgehead atoms. The van der Waals surface area contributed by atoms with E-state index in [1.54, 1.807) is 0 Å². The lowest BCUT2D eigenvalue weighted by Crippen LogP contribution is -2.48. The highest BCUT2D eigenvalue weighted by molar-refractivity contribution is 5.87. The van der Waals surface area contributed by atoms with Gasteiger partial charge in [0.1, 0.15) is 5.82 Å². The third-order valence-corrected chi connectivity index (χ3v) is 6.57. The van der Waals surface area contributed by atoms with Gasteiger partial charge in [-0.1, -0.05) is 24.3 Å². The first-order valence-electron chi connectivity index (χ1n) is 11.3. The van der Waals surface area contributed by atoms with E-state index in [0.29, 0.717) is 23.9 Å². The van der Waals surface area contributed by atoms with Crippen LogP contribution in [-0.2, 0) is 6.54 Å². The maximum Gasteiger partial charge on any atom is 0.274 e. The maximum absolute atomic E-state index is 13.4. The zero-order chi connectivity index (χ0) is 22.9. The molecule has 0 atom stereocenters. The van der Waals surface area contributed by atoms with Gasteiger partial charge in [-0.25, -0.2) is 9.67 Å². The molecule has 0 saturated carbocycles. The summed E-state index contributed by atoms with van der Waals surface area (Å²) < 4.78 is 3.46. The fourth-order valence-electron chi connectivity index (χ4n) is 4.85. The second-order valence-corrected chi connectivity index (χ2v) is 8.51. The smallest absolute Gasteiger partial charge is 0.274 e. The van der Waals surface area contributed by atoms with Crippen molar-refractivity contribution in [2.24, 2.45) is 0 Å². The van der Waals surface area contributed by atoms with Gasteiger partial charge in [0.2, 0.25) is 0 Å². The average molecular weight is 445 g/mol. The van der Waals surface area contributed by atoms with Crippen LogP contribution < -0.4 is 16.0 Å². The van der Waals surface area contributed by atoms with Crippen molar-refractivity contribution in [3.8, 4) is 5.69 Å². The van der Waals surface area contributed by atoms with Crippen LogP contribution >= 0.6 is 0 Å². The number of aryl methyl sites for hydroxylation is 2. The highest BCUT2D eigenvalue weighted by Crippen LogP contribution is 2.24. The van der Waals surface area contributed by atoms with Gasteiger partial charge in [-0.15, -0.1) is 0 Å². The lowest BCUT2D eigenvalue weighted by Gasteiger charge is -2.35. The molecule has 0 radical (unpaired) electrons. The van der Waals surface area contributed by atoms with Crippen molar-refractivity contribution in [2.45, 2.75) is 20.4 Å². The first-order valence-corrected chi connectivity index (χ1v) is 11.3. The van der Waals surface area contributed by atoms with Gasteiger partial charge >= 0.3 is 0 Å². The second kappa shape index (κ2) is 8.71. The summed E-state index contributed by atoms with van der Waals surface area (Å²) in [7, 11) is 0. The number of hydrogen-bond donors (Lipinski definition) is 1. The van der Waals surface area contributed by atoms with Gasteiger partial charge in [0.05, 0.1) is 17.3 Å². The number of hydrogen-bond acceptors (Lipinski definition) is 5. The standard InChI is InChI=1S/C25H28N6O2/c1-18-22-23(19(2)31(18)20-8-4-3-5-9-20)25(33)30(27-24(22)32)17-14-28-12-15-29(16-13-28)21-10-6-7-11-26-21/h3-11H,12-17H2,1-2H3,(H,27,32). The average Bonchev–Trinajstić information content (AvgIpc) is 3.12. The van der Waals surface area contributed by atoms with Gasteiger partial charge in [0, 0.05) is 56.0 Å². The molecule has 1 saturated heterocycles. The molecule has 0 spiro atoms. The van der Waals surface area contributed by atoms with Crippen molar-refractivity contribution in [1.82, 2.24) is 24.2 Å². The third-order valence-electron chi connectivity index (χ3n) is 6.57. The monoisotopic (exact) mass is 444 g/mol. The van der Waals surface area contributed by atoms with Crippen molar-refractivity contribution in [1.29, 1.82) is 0 Å². The van der Waals surface area contributed by atoms with Gasteiger partial charge in [-0.2, -0.15) is 0 Å². The summed E-state index contributed by atoms with van der Waals surface area (Å²) in [5, 5.41) is 3.79. The maximum atomic E-state index is 13.4. The van der Waals surface area contributed by atoms with Crippen LogP contribution in [0, 0.1) is 13.8 Å². The molecule has 0 unspecified atom stereocenters. The molecule has 4 aromatic rings. The van der Waals surface area contributed by atoms with Gasteiger partial charge in [0.15, 0.2) is 0 Å². The minimum Gasteiger partial charge on any atom is -0.354 e. The van der Waals surface area contributed by atoms with E-state index in [1.165, 1.54) is 4.68 Å². The summed E-state index contributed by atoms with van der Waals surface area (Å²) in [6.07, 6.45) is 1.81. The zero-order valence-corrected chi connectivity index (χ0v) is 19.0. The van der Waals surface area contributed by atoms with Crippen LogP contribution in [0.15, 0.2) is 64.3 Å². The molecule has 0 amide bonds. The van der Waals surface area contributed by atoms with Crippen molar-refractivity contribution < 1.29 is 0 Å². The minimum absolute atomic E-state index is 0.146. The molecule has 1 aromatic carbocycles. The van der Waals surface area contributed by atoms with E-state index in [1.807, 2.05) is 73.1 Å². The van der Waals surface area contributed by atoms with Crippen molar-refractivity contribution in [3.63, 3.8) is 0 Å². The summed E-state index contributed by atoms with van der Waals surface area (Å²) >= 11 is 0. The van der Waals surface area contributed by atoms with E-state index in [9.17, 15) is 9.59 Å². The summed E-state index contributed by atoms with van der Waals surface area (Å²) in [5.74, 6) is 0.997. The van der Waals surface area contributed by atoms with Crippen LogP contribution in [0.4, 0.5) is 5.82 Å². The first kappa shape index (κ1) is 21.2. The second-order valence-electron chi connectivity index (χ2n) is 8.51. The molecule has 1 aliphatic rings. The molecule has 0 aliphatic carbocycles. The number of nitrogens with zero attached hydrogens (tertiary/aromatic N) is 5. The summed E-state index contributed by atoms with van der Waals surface area (Å²) in [6, 6.07) is 15.8. The number of fused-ring (bicyclic) bond motifs is 1. The number of aromatic amines is 1. The Morgan fingerprint density at radius 2 is 1.55 bits per heavy atom. The third kappa shape index (κ3) is 3.87. The molecule has 8 nitrogen and oxygen atoms in total. The highest BCUT2D eigenvalue weighted by Gasteiger charge is 2.21. The fraction of sp³-hybridized carbons (Fsp3) is 0.320. The van der Waals surface area contributed by atoms with E-state index in [0.717, 1.165) is 49.1 Å². The number of H-pyrrole nitrogens is 1. The van der Waals surface area contributed by atoms with Crippen molar-refractivity contribution in [3.05, 3.63) is 86.8 Å². The molecule has 1 fully saturated rings. The lowest BCUT2D eigenvalue weighted by atomic mass is 10.2. The highest BCUT2D eigenvalue weighted by atomic mass is 16.2. The number of nitrogens with one attached hydrogen (secondary N) is 1. The minimum atomic E-state index is -0.222. The Labute approximate surface area is 191 Å². The fourth-order valence-corrected chi connectivity index (χ4v) is 4.85. The van der Waals surface area contributed by atoms with Gasteiger partial charge in [0.25, 0.3) is 11.1 Å². The van der Waals surface area contributed by atoms with Crippen LogP contribution in [0.3, 0.4) is 0 Å². The SMILES string of the molecule is Cc1c2c(=O)[nH]n(CCN3CCN(c4ccccn4)CC3)c(=O)c2c(C)n1-c1ccccc1. The summed E-state index contributed by atoms with van der Waals surface area (Å²) in [4.78, 5) is 35.3. The number of benzene rings is 1.